The number of alkyl halides is 1. The summed E-state index contributed by atoms with van der Waals surface area (Å²) in [6.45, 7) is -4.24. The van der Waals surface area contributed by atoms with Crippen LogP contribution in [0, 0.1) is 0 Å². The Hall–Kier alpha value is -2.94. The summed E-state index contributed by atoms with van der Waals surface area (Å²) in [4.78, 5) is 48.8. The summed E-state index contributed by atoms with van der Waals surface area (Å²) in [5.74, 6) is 0. The summed E-state index contributed by atoms with van der Waals surface area (Å²) >= 11 is 0. The largest absolute Gasteiger partial charge is 0.510 e. The van der Waals surface area contributed by atoms with Gasteiger partial charge in [-0.05, 0) is 6.92 Å². The van der Waals surface area contributed by atoms with Gasteiger partial charge in [-0.1, -0.05) is 0 Å². The number of aliphatic hydroxyl groups is 2. The number of methoxy groups -OCH3 is 2. The van der Waals surface area contributed by atoms with Crippen LogP contribution in [0.3, 0.4) is 0 Å². The second-order valence-corrected chi connectivity index (χ2v) is 10.2. The maximum atomic E-state index is 14.4. The zero-order valence-corrected chi connectivity index (χ0v) is 23.7. The summed E-state index contributed by atoms with van der Waals surface area (Å²) in [5, 5.41) is 21.7. The Morgan fingerprint density at radius 1 is 1.02 bits per heavy atom. The first-order chi connectivity index (χ1) is 19.8. The van der Waals surface area contributed by atoms with E-state index in [1.807, 2.05) is 4.98 Å². The van der Waals surface area contributed by atoms with E-state index in [4.69, 9.17) is 27.8 Å². The Balaban J connectivity index is 2.17. The van der Waals surface area contributed by atoms with Crippen molar-refractivity contribution in [3.8, 4) is 0 Å². The first-order valence-corrected chi connectivity index (χ1v) is 13.4. The van der Waals surface area contributed by atoms with Crippen LogP contribution >= 0.6 is 7.82 Å². The van der Waals surface area contributed by atoms with E-state index in [1.54, 1.807) is 0 Å². The molecule has 240 valence electrons. The molecule has 4 atom stereocenters. The van der Waals surface area contributed by atoms with Gasteiger partial charge in [0.2, 0.25) is 13.6 Å². The van der Waals surface area contributed by atoms with Crippen molar-refractivity contribution in [1.29, 1.82) is 0 Å². The Morgan fingerprint density at radius 2 is 1.57 bits per heavy atom. The maximum Gasteiger partial charge on any atom is 0.510 e. The van der Waals surface area contributed by atoms with E-state index < -0.39 is 81.8 Å². The third kappa shape index (κ3) is 9.54. The molecule has 1 aliphatic heterocycles. The Labute approximate surface area is 236 Å². The number of nitrogens with one attached hydrogen (secondary N) is 1. The van der Waals surface area contributed by atoms with Crippen LogP contribution in [0.15, 0.2) is 21.9 Å². The molecule has 21 heteroatoms. The fourth-order valence-corrected chi connectivity index (χ4v) is 4.32. The van der Waals surface area contributed by atoms with Gasteiger partial charge in [0.15, 0.2) is 11.8 Å². The number of nitrogens with zero attached hydrogens (tertiary/aromatic N) is 1. The SMILES string of the molecule is COCCOC(=O)OCOP(=O)(OCOC(=O)OCCOC)OCC1(CF)O[C@@H](n2ccc(=O)[nH]c2=O)[C@](C)(O)[C@@H]1O. The Kier molecular flexibility index (Phi) is 13.5. The highest BCUT2D eigenvalue weighted by Gasteiger charge is 2.63. The Morgan fingerprint density at radius 3 is 2.05 bits per heavy atom. The molecule has 1 fully saturated rings. The fourth-order valence-electron chi connectivity index (χ4n) is 3.36. The number of hydrogen-bond donors (Lipinski definition) is 3. The molecule has 0 bridgehead atoms. The van der Waals surface area contributed by atoms with Gasteiger partial charge in [-0.25, -0.2) is 32.4 Å². The van der Waals surface area contributed by atoms with Gasteiger partial charge in [0.25, 0.3) is 5.56 Å². The van der Waals surface area contributed by atoms with E-state index in [9.17, 15) is 38.3 Å². The Bertz CT molecular complexity index is 1160. The summed E-state index contributed by atoms with van der Waals surface area (Å²) in [6.07, 6.45) is -5.50. The number of ether oxygens (including phenoxy) is 7. The smallest absolute Gasteiger partial charge is 0.432 e. The predicted molar refractivity (Wildman–Crippen MR) is 131 cm³/mol. The average Bonchev–Trinajstić information content (AvgIpc) is 3.13. The first-order valence-electron chi connectivity index (χ1n) is 11.9. The number of aromatic nitrogens is 2. The van der Waals surface area contributed by atoms with Crippen molar-refractivity contribution in [2.24, 2.45) is 0 Å². The number of halogens is 1. The van der Waals surface area contributed by atoms with Gasteiger partial charge in [-0.2, -0.15) is 0 Å². The molecular formula is C21H32FN2O17P. The summed E-state index contributed by atoms with van der Waals surface area (Å²) in [6, 6.07) is 0.912. The highest BCUT2D eigenvalue weighted by atomic mass is 31.2. The van der Waals surface area contributed by atoms with E-state index in [0.29, 0.717) is 4.57 Å². The van der Waals surface area contributed by atoms with Gasteiger partial charge in [0, 0.05) is 26.5 Å². The maximum absolute atomic E-state index is 14.4. The molecule has 1 aliphatic rings. The molecule has 2 heterocycles. The number of aliphatic hydroxyl groups excluding tert-OH is 1. The lowest BCUT2D eigenvalue weighted by molar-refractivity contribution is -0.141. The predicted octanol–water partition coefficient (Wildman–Crippen LogP) is -0.442. The topological polar surface area (TPSA) is 239 Å². The zero-order valence-electron chi connectivity index (χ0n) is 22.8. The fraction of sp³-hybridized carbons (Fsp3) is 0.714. The van der Waals surface area contributed by atoms with E-state index in [-0.39, 0.29) is 26.4 Å². The summed E-state index contributed by atoms with van der Waals surface area (Å²) < 4.78 is 76.4. The normalized spacial score (nSPS) is 23.9. The third-order valence-electron chi connectivity index (χ3n) is 5.49. The van der Waals surface area contributed by atoms with Crippen molar-refractivity contribution in [3.05, 3.63) is 33.1 Å². The number of H-pyrrole nitrogens is 1. The molecule has 1 saturated heterocycles. The second-order valence-electron chi connectivity index (χ2n) is 8.50. The number of phosphoric ester groups is 1. The quantitative estimate of drug-likeness (QED) is 0.0851. The molecule has 2 rings (SSSR count). The molecule has 42 heavy (non-hydrogen) atoms. The van der Waals surface area contributed by atoms with Crippen LogP contribution in [-0.2, 0) is 51.3 Å². The molecular weight excluding hydrogens is 602 g/mol. The van der Waals surface area contributed by atoms with E-state index >= 15 is 0 Å². The standard InChI is InChI=1S/C21H32FN2O17P/c1-20(30)15(26)21(10-22,41-16(20)24-5-4-14(25)23-17(24)27)11-38-42(31,39-12-36-18(28)34-8-6-32-2)40-13-37-19(29)35-9-7-33-3/h4-5,15-16,26,30H,6-13H2,1-3H3,(H,23,25,27)/t15-,16+,20+,21?/m0/s1. The highest BCUT2D eigenvalue weighted by Crippen LogP contribution is 2.52. The van der Waals surface area contributed by atoms with Crippen molar-refractivity contribution in [1.82, 2.24) is 9.55 Å². The molecule has 0 saturated carbocycles. The van der Waals surface area contributed by atoms with Gasteiger partial charge >= 0.3 is 25.8 Å². The lowest BCUT2D eigenvalue weighted by Crippen LogP contribution is -2.53. The third-order valence-corrected chi connectivity index (χ3v) is 6.77. The first kappa shape index (κ1) is 35.3. The summed E-state index contributed by atoms with van der Waals surface area (Å²) in [5.41, 5.74) is -6.70. The van der Waals surface area contributed by atoms with Crippen LogP contribution < -0.4 is 11.2 Å². The molecule has 1 aromatic heterocycles. The highest BCUT2D eigenvalue weighted by molar-refractivity contribution is 7.48. The number of carbonyl (C=O) groups is 2. The van der Waals surface area contributed by atoms with Gasteiger partial charge in [0.05, 0.1) is 19.8 Å². The van der Waals surface area contributed by atoms with Crippen molar-refractivity contribution in [2.45, 2.75) is 30.5 Å². The van der Waals surface area contributed by atoms with Gasteiger partial charge in [-0.3, -0.25) is 18.9 Å². The van der Waals surface area contributed by atoms with E-state index in [1.165, 1.54) is 14.2 Å². The molecule has 0 aromatic carbocycles. The number of aromatic amines is 1. The van der Waals surface area contributed by atoms with Crippen molar-refractivity contribution < 1.29 is 75.5 Å². The lowest BCUT2D eigenvalue weighted by Gasteiger charge is -2.31. The van der Waals surface area contributed by atoms with E-state index in [0.717, 1.165) is 19.2 Å². The molecule has 0 spiro atoms. The molecule has 3 N–H and O–H groups in total. The van der Waals surface area contributed by atoms with Crippen molar-refractivity contribution in [2.75, 3.05) is 67.5 Å². The van der Waals surface area contributed by atoms with Crippen LogP contribution in [0.2, 0.25) is 0 Å². The van der Waals surface area contributed by atoms with Crippen molar-refractivity contribution in [3.63, 3.8) is 0 Å². The van der Waals surface area contributed by atoms with Gasteiger partial charge in [0.1, 0.15) is 31.6 Å². The van der Waals surface area contributed by atoms with Crippen LogP contribution in [0.1, 0.15) is 13.2 Å². The van der Waals surface area contributed by atoms with E-state index in [2.05, 4.69) is 18.9 Å². The molecule has 0 radical (unpaired) electrons. The zero-order chi connectivity index (χ0) is 31.4. The minimum Gasteiger partial charge on any atom is -0.432 e. The molecule has 0 aliphatic carbocycles. The van der Waals surface area contributed by atoms with Crippen LogP contribution in [0.5, 0.6) is 0 Å². The van der Waals surface area contributed by atoms with Gasteiger partial charge < -0.3 is 43.4 Å². The average molecular weight is 634 g/mol. The molecule has 1 unspecified atom stereocenters. The number of carbonyl (C=O) groups excluding carboxylic acids is 2. The van der Waals surface area contributed by atoms with Crippen LogP contribution in [0.4, 0.5) is 14.0 Å². The lowest BCUT2D eigenvalue weighted by atomic mass is 9.88. The number of rotatable bonds is 17. The van der Waals surface area contributed by atoms with Crippen LogP contribution in [0.25, 0.3) is 0 Å². The van der Waals surface area contributed by atoms with Gasteiger partial charge in [-0.15, -0.1) is 0 Å². The number of hydrogen-bond acceptors (Lipinski definition) is 17. The summed E-state index contributed by atoms with van der Waals surface area (Å²) in [7, 11) is -2.24. The second kappa shape index (κ2) is 16.1. The van der Waals surface area contributed by atoms with Crippen molar-refractivity contribution >= 4 is 20.1 Å². The molecule has 1 aromatic rings. The molecule has 19 nitrogen and oxygen atoms in total. The molecule has 0 amide bonds. The number of phosphoric acid groups is 1. The monoisotopic (exact) mass is 634 g/mol. The van der Waals surface area contributed by atoms with Crippen LogP contribution in [-0.4, -0.2) is 117 Å². The minimum atomic E-state index is -4.95. The minimum absolute atomic E-state index is 0.0437.